The lowest BCUT2D eigenvalue weighted by Gasteiger charge is -2.33. The highest BCUT2D eigenvalue weighted by Crippen LogP contribution is 2.34. The van der Waals surface area contributed by atoms with Crippen LogP contribution >= 0.6 is 0 Å². The molecule has 1 aromatic heterocycles. The molecule has 1 fully saturated rings. The molecule has 0 radical (unpaired) electrons. The van der Waals surface area contributed by atoms with E-state index < -0.39 is 0 Å². The van der Waals surface area contributed by atoms with Crippen LogP contribution in [0.25, 0.3) is 0 Å². The fourth-order valence-electron chi connectivity index (χ4n) is 2.56. The summed E-state index contributed by atoms with van der Waals surface area (Å²) in [6, 6.07) is 0. The first-order valence-electron chi connectivity index (χ1n) is 6.91. The zero-order valence-electron chi connectivity index (χ0n) is 11.7. The number of amides is 1. The Morgan fingerprint density at radius 1 is 1.32 bits per heavy atom. The monoisotopic (exact) mass is 262 g/mol. The fourth-order valence-corrected chi connectivity index (χ4v) is 2.56. The SMILES string of the molecule is CNc1cncc(C(=O)NCC2(C)CCCCC2)n1. The lowest BCUT2D eigenvalue weighted by molar-refractivity contribution is 0.0914. The number of nitrogens with one attached hydrogen (secondary N) is 2. The van der Waals surface area contributed by atoms with E-state index in [4.69, 9.17) is 0 Å². The van der Waals surface area contributed by atoms with E-state index in [1.54, 1.807) is 13.2 Å². The Morgan fingerprint density at radius 2 is 2.05 bits per heavy atom. The summed E-state index contributed by atoms with van der Waals surface area (Å²) in [7, 11) is 1.76. The summed E-state index contributed by atoms with van der Waals surface area (Å²) >= 11 is 0. The Hall–Kier alpha value is -1.65. The summed E-state index contributed by atoms with van der Waals surface area (Å²) in [5.74, 6) is 0.466. The third-order valence-corrected chi connectivity index (χ3v) is 3.86. The molecule has 2 rings (SSSR count). The van der Waals surface area contributed by atoms with Crippen molar-refractivity contribution in [3.05, 3.63) is 18.1 Å². The maximum atomic E-state index is 12.1. The van der Waals surface area contributed by atoms with Crippen LogP contribution < -0.4 is 10.6 Å². The molecular weight excluding hydrogens is 240 g/mol. The lowest BCUT2D eigenvalue weighted by atomic mass is 9.76. The molecule has 0 spiro atoms. The highest BCUT2D eigenvalue weighted by atomic mass is 16.1. The second-order valence-electron chi connectivity index (χ2n) is 5.59. The van der Waals surface area contributed by atoms with Crippen LogP contribution in [0.15, 0.2) is 12.4 Å². The van der Waals surface area contributed by atoms with Gasteiger partial charge >= 0.3 is 0 Å². The molecule has 1 saturated carbocycles. The Bertz CT molecular complexity index is 441. The zero-order chi connectivity index (χ0) is 13.7. The minimum Gasteiger partial charge on any atom is -0.372 e. The molecule has 2 N–H and O–H groups in total. The van der Waals surface area contributed by atoms with E-state index in [0.717, 1.165) is 6.54 Å². The molecule has 104 valence electrons. The number of carbonyl (C=O) groups is 1. The highest BCUT2D eigenvalue weighted by molar-refractivity contribution is 5.92. The topological polar surface area (TPSA) is 66.9 Å². The molecule has 19 heavy (non-hydrogen) atoms. The molecule has 1 amide bonds. The van der Waals surface area contributed by atoms with Gasteiger partial charge in [0.25, 0.3) is 5.91 Å². The van der Waals surface area contributed by atoms with Crippen molar-refractivity contribution in [1.82, 2.24) is 15.3 Å². The average molecular weight is 262 g/mol. The van der Waals surface area contributed by atoms with E-state index in [0.29, 0.717) is 11.5 Å². The van der Waals surface area contributed by atoms with Gasteiger partial charge in [0.1, 0.15) is 11.5 Å². The van der Waals surface area contributed by atoms with Crippen molar-refractivity contribution in [2.75, 3.05) is 18.9 Å². The summed E-state index contributed by atoms with van der Waals surface area (Å²) < 4.78 is 0. The maximum absolute atomic E-state index is 12.1. The molecule has 0 unspecified atom stereocenters. The zero-order valence-corrected chi connectivity index (χ0v) is 11.7. The first-order chi connectivity index (χ1) is 9.13. The summed E-state index contributed by atoms with van der Waals surface area (Å²) in [6.45, 7) is 2.97. The number of aromatic nitrogens is 2. The first kappa shape index (κ1) is 13.8. The van der Waals surface area contributed by atoms with Gasteiger partial charge in [0.15, 0.2) is 0 Å². The Labute approximate surface area is 114 Å². The normalized spacial score (nSPS) is 17.8. The van der Waals surface area contributed by atoms with Gasteiger partial charge in [-0.1, -0.05) is 26.2 Å². The number of rotatable bonds is 4. The van der Waals surface area contributed by atoms with Crippen LogP contribution in [-0.2, 0) is 0 Å². The first-order valence-corrected chi connectivity index (χ1v) is 6.91. The van der Waals surface area contributed by atoms with E-state index in [1.165, 1.54) is 38.3 Å². The van der Waals surface area contributed by atoms with Crippen molar-refractivity contribution in [1.29, 1.82) is 0 Å². The van der Waals surface area contributed by atoms with E-state index in [9.17, 15) is 4.79 Å². The largest absolute Gasteiger partial charge is 0.372 e. The molecule has 1 aliphatic carbocycles. The van der Waals surface area contributed by atoms with Gasteiger partial charge in [-0.15, -0.1) is 0 Å². The number of anilines is 1. The van der Waals surface area contributed by atoms with Gasteiger partial charge in [-0.3, -0.25) is 9.78 Å². The average Bonchev–Trinajstić information content (AvgIpc) is 2.46. The Kier molecular flexibility index (Phi) is 4.35. The number of carbonyl (C=O) groups excluding carboxylic acids is 1. The number of nitrogens with zero attached hydrogens (tertiary/aromatic N) is 2. The molecule has 0 bridgehead atoms. The van der Waals surface area contributed by atoms with Gasteiger partial charge in [0, 0.05) is 13.6 Å². The van der Waals surface area contributed by atoms with Crippen LogP contribution in [0, 0.1) is 5.41 Å². The third kappa shape index (κ3) is 3.66. The quantitative estimate of drug-likeness (QED) is 0.873. The maximum Gasteiger partial charge on any atom is 0.271 e. The fraction of sp³-hybridized carbons (Fsp3) is 0.643. The summed E-state index contributed by atoms with van der Waals surface area (Å²) in [5.41, 5.74) is 0.605. The standard InChI is InChI=1S/C14H22N4O/c1-14(6-4-3-5-7-14)10-17-13(19)11-8-16-9-12(15-2)18-11/h8-9H,3-7,10H2,1-2H3,(H,15,18)(H,17,19). The molecule has 5 heteroatoms. The molecule has 1 aliphatic rings. The third-order valence-electron chi connectivity index (χ3n) is 3.86. The van der Waals surface area contributed by atoms with Crippen molar-refractivity contribution in [2.24, 2.45) is 5.41 Å². The number of hydrogen-bond acceptors (Lipinski definition) is 4. The van der Waals surface area contributed by atoms with Crippen molar-refractivity contribution in [3.63, 3.8) is 0 Å². The van der Waals surface area contributed by atoms with Crippen LogP contribution in [0.3, 0.4) is 0 Å². The van der Waals surface area contributed by atoms with E-state index in [-0.39, 0.29) is 11.3 Å². The van der Waals surface area contributed by atoms with Crippen molar-refractivity contribution in [3.8, 4) is 0 Å². The van der Waals surface area contributed by atoms with Crippen molar-refractivity contribution in [2.45, 2.75) is 39.0 Å². The molecule has 5 nitrogen and oxygen atoms in total. The molecular formula is C14H22N4O. The summed E-state index contributed by atoms with van der Waals surface area (Å²) in [4.78, 5) is 20.3. The molecule has 1 aromatic rings. The van der Waals surface area contributed by atoms with Gasteiger partial charge in [-0.05, 0) is 18.3 Å². The van der Waals surface area contributed by atoms with E-state index in [1.807, 2.05) is 0 Å². The van der Waals surface area contributed by atoms with Crippen LogP contribution in [0.1, 0.15) is 49.5 Å². The van der Waals surface area contributed by atoms with Gasteiger partial charge < -0.3 is 10.6 Å². The molecule has 0 aliphatic heterocycles. The van der Waals surface area contributed by atoms with E-state index in [2.05, 4.69) is 27.5 Å². The minimum absolute atomic E-state index is 0.142. The minimum atomic E-state index is -0.142. The van der Waals surface area contributed by atoms with Gasteiger partial charge in [-0.25, -0.2) is 4.98 Å². The predicted octanol–water partition coefficient (Wildman–Crippen LogP) is 2.22. The van der Waals surface area contributed by atoms with Crippen LogP contribution in [-0.4, -0.2) is 29.5 Å². The Morgan fingerprint density at radius 3 is 2.74 bits per heavy atom. The van der Waals surface area contributed by atoms with Crippen LogP contribution in [0.2, 0.25) is 0 Å². The van der Waals surface area contributed by atoms with E-state index >= 15 is 0 Å². The van der Waals surface area contributed by atoms with Crippen LogP contribution in [0.5, 0.6) is 0 Å². The molecule has 0 saturated heterocycles. The van der Waals surface area contributed by atoms with Crippen molar-refractivity contribution < 1.29 is 4.79 Å². The second kappa shape index (κ2) is 5.99. The summed E-state index contributed by atoms with van der Waals surface area (Å²) in [6.07, 6.45) is 9.33. The smallest absolute Gasteiger partial charge is 0.271 e. The molecule has 0 aromatic carbocycles. The van der Waals surface area contributed by atoms with Crippen molar-refractivity contribution >= 4 is 11.7 Å². The van der Waals surface area contributed by atoms with Gasteiger partial charge in [0.05, 0.1) is 12.4 Å². The molecule has 0 atom stereocenters. The van der Waals surface area contributed by atoms with Crippen LogP contribution in [0.4, 0.5) is 5.82 Å². The highest BCUT2D eigenvalue weighted by Gasteiger charge is 2.27. The lowest BCUT2D eigenvalue weighted by Crippen LogP contribution is -2.37. The number of hydrogen-bond donors (Lipinski definition) is 2. The Balaban J connectivity index is 1.93. The summed E-state index contributed by atoms with van der Waals surface area (Å²) in [5, 5.41) is 5.87. The molecule has 1 heterocycles. The second-order valence-corrected chi connectivity index (χ2v) is 5.59. The van der Waals surface area contributed by atoms with Gasteiger partial charge in [-0.2, -0.15) is 0 Å². The van der Waals surface area contributed by atoms with Gasteiger partial charge in [0.2, 0.25) is 0 Å². The predicted molar refractivity (Wildman–Crippen MR) is 75.1 cm³/mol.